The monoisotopic (exact) mass is 264 g/mol. The van der Waals surface area contributed by atoms with Crippen molar-refractivity contribution >= 4 is 17.1 Å². The maximum atomic E-state index is 12.6. The molecule has 0 aliphatic carbocycles. The molecule has 0 bridgehead atoms. The average molecular weight is 264 g/mol. The van der Waals surface area contributed by atoms with Gasteiger partial charge >= 0.3 is 0 Å². The minimum Gasteiger partial charge on any atom is -0.289 e. The highest BCUT2D eigenvalue weighted by atomic mass is 32.1. The van der Waals surface area contributed by atoms with E-state index in [2.05, 4.69) is 0 Å². The van der Waals surface area contributed by atoms with Crippen molar-refractivity contribution in [3.05, 3.63) is 83.2 Å². The second-order valence-corrected chi connectivity index (χ2v) is 5.17. The third-order valence-electron chi connectivity index (χ3n) is 2.99. The van der Waals surface area contributed by atoms with Gasteiger partial charge in [-0.2, -0.15) is 0 Å². The van der Waals surface area contributed by atoms with Gasteiger partial charge in [-0.3, -0.25) is 4.79 Å². The SMILES string of the molecule is O=C(c1ccccc1)c1ccccc1-c1cccs1. The van der Waals surface area contributed by atoms with E-state index in [4.69, 9.17) is 0 Å². The summed E-state index contributed by atoms with van der Waals surface area (Å²) in [5.41, 5.74) is 2.49. The van der Waals surface area contributed by atoms with Crippen molar-refractivity contribution in [2.75, 3.05) is 0 Å². The van der Waals surface area contributed by atoms with E-state index < -0.39 is 0 Å². The van der Waals surface area contributed by atoms with E-state index in [0.29, 0.717) is 0 Å². The number of ketones is 1. The Morgan fingerprint density at radius 2 is 1.53 bits per heavy atom. The van der Waals surface area contributed by atoms with Crippen molar-refractivity contribution in [3.8, 4) is 10.4 Å². The molecule has 92 valence electrons. The van der Waals surface area contributed by atoms with Crippen molar-refractivity contribution in [3.63, 3.8) is 0 Å². The van der Waals surface area contributed by atoms with Crippen LogP contribution >= 0.6 is 11.3 Å². The summed E-state index contributed by atoms with van der Waals surface area (Å²) in [6.45, 7) is 0. The highest BCUT2D eigenvalue weighted by molar-refractivity contribution is 7.13. The van der Waals surface area contributed by atoms with Gasteiger partial charge in [-0.05, 0) is 11.4 Å². The van der Waals surface area contributed by atoms with Gasteiger partial charge in [0.25, 0.3) is 0 Å². The molecule has 1 nitrogen and oxygen atoms in total. The maximum Gasteiger partial charge on any atom is 0.193 e. The Morgan fingerprint density at radius 1 is 0.789 bits per heavy atom. The first kappa shape index (κ1) is 11.9. The predicted octanol–water partition coefficient (Wildman–Crippen LogP) is 4.65. The molecule has 0 unspecified atom stereocenters. The third kappa shape index (κ3) is 2.35. The minimum atomic E-state index is 0.0737. The van der Waals surface area contributed by atoms with Gasteiger partial charge in [-0.25, -0.2) is 0 Å². The zero-order valence-corrected chi connectivity index (χ0v) is 11.1. The van der Waals surface area contributed by atoms with Crippen LogP contribution in [0.2, 0.25) is 0 Å². The summed E-state index contributed by atoms with van der Waals surface area (Å²) in [5.74, 6) is 0.0737. The fourth-order valence-corrected chi connectivity index (χ4v) is 2.84. The zero-order chi connectivity index (χ0) is 13.1. The van der Waals surface area contributed by atoms with Crippen LogP contribution in [-0.4, -0.2) is 5.78 Å². The van der Waals surface area contributed by atoms with E-state index in [1.54, 1.807) is 11.3 Å². The van der Waals surface area contributed by atoms with Gasteiger partial charge in [0, 0.05) is 21.6 Å². The summed E-state index contributed by atoms with van der Waals surface area (Å²) in [6.07, 6.45) is 0. The van der Waals surface area contributed by atoms with Crippen LogP contribution in [0, 0.1) is 0 Å². The van der Waals surface area contributed by atoms with E-state index in [0.717, 1.165) is 21.6 Å². The Bertz CT molecular complexity index is 684. The first-order valence-corrected chi connectivity index (χ1v) is 6.97. The molecular weight excluding hydrogens is 252 g/mol. The Morgan fingerprint density at radius 3 is 2.26 bits per heavy atom. The van der Waals surface area contributed by atoms with E-state index in [1.807, 2.05) is 72.1 Å². The van der Waals surface area contributed by atoms with E-state index in [1.165, 1.54) is 0 Å². The summed E-state index contributed by atoms with van der Waals surface area (Å²) in [5, 5.41) is 2.03. The van der Waals surface area contributed by atoms with Crippen LogP contribution in [0.5, 0.6) is 0 Å². The molecule has 0 radical (unpaired) electrons. The number of hydrogen-bond acceptors (Lipinski definition) is 2. The van der Waals surface area contributed by atoms with Crippen molar-refractivity contribution in [2.24, 2.45) is 0 Å². The molecule has 2 heteroatoms. The molecule has 0 fully saturated rings. The zero-order valence-electron chi connectivity index (χ0n) is 10.2. The molecule has 2 aromatic carbocycles. The molecule has 19 heavy (non-hydrogen) atoms. The lowest BCUT2D eigenvalue weighted by Gasteiger charge is -2.07. The van der Waals surface area contributed by atoms with E-state index in [9.17, 15) is 4.79 Å². The van der Waals surface area contributed by atoms with E-state index >= 15 is 0 Å². The molecule has 0 aliphatic heterocycles. The molecule has 0 saturated heterocycles. The molecule has 0 aliphatic rings. The number of carbonyl (C=O) groups is 1. The van der Waals surface area contributed by atoms with E-state index in [-0.39, 0.29) is 5.78 Å². The topological polar surface area (TPSA) is 17.1 Å². The summed E-state index contributed by atoms with van der Waals surface area (Å²) in [6, 6.07) is 21.2. The summed E-state index contributed by atoms with van der Waals surface area (Å²) in [4.78, 5) is 13.7. The minimum absolute atomic E-state index is 0.0737. The molecule has 0 spiro atoms. The lowest BCUT2D eigenvalue weighted by Crippen LogP contribution is -2.02. The van der Waals surface area contributed by atoms with Crippen molar-refractivity contribution in [1.29, 1.82) is 0 Å². The van der Waals surface area contributed by atoms with Crippen LogP contribution < -0.4 is 0 Å². The second kappa shape index (κ2) is 5.21. The fourth-order valence-electron chi connectivity index (χ4n) is 2.07. The summed E-state index contributed by atoms with van der Waals surface area (Å²) in [7, 11) is 0. The lowest BCUT2D eigenvalue weighted by atomic mass is 9.97. The first-order chi connectivity index (χ1) is 9.36. The average Bonchev–Trinajstić information content (AvgIpc) is 3.01. The Balaban J connectivity index is 2.09. The Labute approximate surface area is 116 Å². The van der Waals surface area contributed by atoms with Gasteiger partial charge in [0.05, 0.1) is 0 Å². The molecule has 1 aromatic heterocycles. The molecule has 0 saturated carbocycles. The van der Waals surface area contributed by atoms with Gasteiger partial charge in [-0.15, -0.1) is 11.3 Å². The predicted molar refractivity (Wildman–Crippen MR) is 79.6 cm³/mol. The normalized spacial score (nSPS) is 10.3. The molecule has 0 N–H and O–H groups in total. The Hall–Kier alpha value is -2.19. The van der Waals surface area contributed by atoms with Crippen molar-refractivity contribution < 1.29 is 4.79 Å². The number of hydrogen-bond donors (Lipinski definition) is 0. The second-order valence-electron chi connectivity index (χ2n) is 4.22. The van der Waals surface area contributed by atoms with Crippen LogP contribution in [0.1, 0.15) is 15.9 Å². The van der Waals surface area contributed by atoms with Gasteiger partial charge in [0.2, 0.25) is 0 Å². The quantitative estimate of drug-likeness (QED) is 0.629. The highest BCUT2D eigenvalue weighted by Gasteiger charge is 2.14. The number of thiophene rings is 1. The lowest BCUT2D eigenvalue weighted by molar-refractivity contribution is 0.103. The van der Waals surface area contributed by atoms with Crippen LogP contribution in [0.3, 0.4) is 0 Å². The number of carbonyl (C=O) groups excluding carboxylic acids is 1. The van der Waals surface area contributed by atoms with Gasteiger partial charge in [0.1, 0.15) is 0 Å². The largest absolute Gasteiger partial charge is 0.289 e. The van der Waals surface area contributed by atoms with Gasteiger partial charge < -0.3 is 0 Å². The Kier molecular flexibility index (Phi) is 3.25. The van der Waals surface area contributed by atoms with Crippen molar-refractivity contribution in [2.45, 2.75) is 0 Å². The van der Waals surface area contributed by atoms with Crippen LogP contribution in [0.25, 0.3) is 10.4 Å². The summed E-state index contributed by atoms with van der Waals surface area (Å²) >= 11 is 1.65. The standard InChI is InChI=1S/C17H12OS/c18-17(13-7-2-1-3-8-13)15-10-5-4-9-14(15)16-11-6-12-19-16/h1-12H. The van der Waals surface area contributed by atoms with Crippen LogP contribution in [-0.2, 0) is 0 Å². The van der Waals surface area contributed by atoms with Gasteiger partial charge in [0.15, 0.2) is 5.78 Å². The summed E-state index contributed by atoms with van der Waals surface area (Å²) < 4.78 is 0. The van der Waals surface area contributed by atoms with Crippen LogP contribution in [0.15, 0.2) is 72.1 Å². The van der Waals surface area contributed by atoms with Crippen molar-refractivity contribution in [1.82, 2.24) is 0 Å². The third-order valence-corrected chi connectivity index (χ3v) is 3.90. The van der Waals surface area contributed by atoms with Gasteiger partial charge in [-0.1, -0.05) is 60.7 Å². The maximum absolute atomic E-state index is 12.6. The highest BCUT2D eigenvalue weighted by Crippen LogP contribution is 2.29. The first-order valence-electron chi connectivity index (χ1n) is 6.09. The molecule has 3 aromatic rings. The molecule has 1 heterocycles. The number of rotatable bonds is 3. The molecule has 0 atom stereocenters. The fraction of sp³-hybridized carbons (Fsp3) is 0. The van der Waals surface area contributed by atoms with Crippen LogP contribution in [0.4, 0.5) is 0 Å². The molecule has 0 amide bonds. The molecule has 3 rings (SSSR count). The number of benzene rings is 2. The smallest absolute Gasteiger partial charge is 0.193 e. The molecular formula is C17H12OS.